The van der Waals surface area contributed by atoms with Gasteiger partial charge in [-0.2, -0.15) is 0 Å². The average Bonchev–Trinajstić information content (AvgIpc) is 2.91. The van der Waals surface area contributed by atoms with E-state index >= 15 is 0 Å². The van der Waals surface area contributed by atoms with Crippen LogP contribution in [0.15, 0.2) is 72.8 Å². The second kappa shape index (κ2) is 13.9. The maximum absolute atomic E-state index is 13.7. The summed E-state index contributed by atoms with van der Waals surface area (Å²) in [7, 11) is 1.54. The summed E-state index contributed by atoms with van der Waals surface area (Å²) in [5.74, 6) is 0.374. The third-order valence-corrected chi connectivity index (χ3v) is 6.77. The molecule has 0 saturated heterocycles. The predicted octanol–water partition coefficient (Wildman–Crippen LogP) is 5.94. The molecule has 0 aliphatic heterocycles. The van der Waals surface area contributed by atoms with E-state index in [0.717, 1.165) is 17.5 Å². The Hall–Kier alpha value is -3.22. The van der Waals surface area contributed by atoms with Crippen molar-refractivity contribution in [3.8, 4) is 11.5 Å². The summed E-state index contributed by atoms with van der Waals surface area (Å²) >= 11 is 12.4. The van der Waals surface area contributed by atoms with Gasteiger partial charge < -0.3 is 19.7 Å². The Balaban J connectivity index is 1.95. The van der Waals surface area contributed by atoms with Gasteiger partial charge >= 0.3 is 0 Å². The Labute approximate surface area is 228 Å². The number of hydrogen-bond acceptors (Lipinski definition) is 4. The van der Waals surface area contributed by atoms with Crippen molar-refractivity contribution in [3.63, 3.8) is 0 Å². The summed E-state index contributed by atoms with van der Waals surface area (Å²) in [6.45, 7) is 3.81. The minimum atomic E-state index is -0.778. The molecule has 2 amide bonds. The summed E-state index contributed by atoms with van der Waals surface area (Å²) in [4.78, 5) is 28.8. The van der Waals surface area contributed by atoms with E-state index in [0.29, 0.717) is 28.0 Å². The van der Waals surface area contributed by atoms with E-state index in [1.54, 1.807) is 41.3 Å². The van der Waals surface area contributed by atoms with E-state index < -0.39 is 6.04 Å². The van der Waals surface area contributed by atoms with Gasteiger partial charge in [0.05, 0.1) is 17.2 Å². The van der Waals surface area contributed by atoms with E-state index in [1.165, 1.54) is 7.11 Å². The molecule has 0 aliphatic rings. The molecule has 0 bridgehead atoms. The van der Waals surface area contributed by atoms with Gasteiger partial charge in [0, 0.05) is 19.0 Å². The van der Waals surface area contributed by atoms with E-state index in [-0.39, 0.29) is 31.0 Å². The second-order valence-electron chi connectivity index (χ2n) is 8.73. The lowest BCUT2D eigenvalue weighted by Gasteiger charge is -2.32. The molecule has 0 fully saturated rings. The number of nitrogens with zero attached hydrogens (tertiary/aromatic N) is 1. The molecule has 0 aliphatic carbocycles. The summed E-state index contributed by atoms with van der Waals surface area (Å²) in [6.07, 6.45) is 1.10. The van der Waals surface area contributed by atoms with Crippen molar-refractivity contribution in [1.82, 2.24) is 10.2 Å². The first-order valence-corrected chi connectivity index (χ1v) is 12.9. The van der Waals surface area contributed by atoms with Crippen LogP contribution < -0.4 is 14.8 Å². The Bertz CT molecular complexity index is 1190. The molecule has 3 rings (SSSR count). The zero-order valence-corrected chi connectivity index (χ0v) is 22.8. The van der Waals surface area contributed by atoms with Crippen molar-refractivity contribution in [2.24, 2.45) is 0 Å². The normalized spacial score (nSPS) is 12.4. The van der Waals surface area contributed by atoms with Gasteiger partial charge in [0.25, 0.3) is 5.91 Å². The van der Waals surface area contributed by atoms with Crippen LogP contribution in [0, 0.1) is 0 Å². The Morgan fingerprint density at radius 3 is 2.24 bits per heavy atom. The number of rotatable bonds is 12. The highest BCUT2D eigenvalue weighted by Crippen LogP contribution is 2.27. The first-order chi connectivity index (χ1) is 17.8. The number of nitrogens with one attached hydrogen (secondary N) is 1. The van der Waals surface area contributed by atoms with Crippen LogP contribution in [0.2, 0.25) is 10.0 Å². The molecule has 3 aromatic carbocycles. The van der Waals surface area contributed by atoms with Crippen molar-refractivity contribution in [1.29, 1.82) is 0 Å². The molecule has 0 heterocycles. The fourth-order valence-electron chi connectivity index (χ4n) is 3.79. The van der Waals surface area contributed by atoms with Crippen molar-refractivity contribution in [2.75, 3.05) is 13.7 Å². The third kappa shape index (κ3) is 8.14. The smallest absolute Gasteiger partial charge is 0.261 e. The zero-order chi connectivity index (χ0) is 26.8. The van der Waals surface area contributed by atoms with Crippen molar-refractivity contribution < 1.29 is 19.1 Å². The highest BCUT2D eigenvalue weighted by Gasteiger charge is 2.31. The molecule has 0 unspecified atom stereocenters. The van der Waals surface area contributed by atoms with Gasteiger partial charge in [0.15, 0.2) is 18.1 Å². The van der Waals surface area contributed by atoms with Crippen LogP contribution in [-0.4, -0.2) is 42.5 Å². The molecule has 3 aromatic rings. The van der Waals surface area contributed by atoms with E-state index in [2.05, 4.69) is 5.32 Å². The first-order valence-electron chi connectivity index (χ1n) is 12.2. The second-order valence-corrected chi connectivity index (χ2v) is 9.55. The summed E-state index contributed by atoms with van der Waals surface area (Å²) in [5.41, 5.74) is 1.68. The number of benzene rings is 3. The number of carbonyl (C=O) groups excluding carboxylic acids is 2. The number of halogens is 2. The summed E-state index contributed by atoms with van der Waals surface area (Å²) in [6, 6.07) is 21.1. The Morgan fingerprint density at radius 2 is 1.59 bits per heavy atom. The van der Waals surface area contributed by atoms with E-state index in [4.69, 9.17) is 32.7 Å². The molecule has 196 valence electrons. The van der Waals surface area contributed by atoms with E-state index in [9.17, 15) is 9.59 Å². The van der Waals surface area contributed by atoms with Crippen LogP contribution >= 0.6 is 23.2 Å². The van der Waals surface area contributed by atoms with Gasteiger partial charge in [-0.1, -0.05) is 78.7 Å². The van der Waals surface area contributed by atoms with Gasteiger partial charge in [-0.3, -0.25) is 9.59 Å². The molecular formula is C29H32Cl2N2O4. The molecule has 2 atom stereocenters. The van der Waals surface area contributed by atoms with Crippen LogP contribution in [0.5, 0.6) is 11.5 Å². The monoisotopic (exact) mass is 542 g/mol. The molecule has 8 heteroatoms. The van der Waals surface area contributed by atoms with Gasteiger partial charge in [-0.15, -0.1) is 0 Å². The maximum atomic E-state index is 13.7. The molecule has 0 spiro atoms. The molecule has 37 heavy (non-hydrogen) atoms. The number of carbonyl (C=O) groups is 2. The van der Waals surface area contributed by atoms with Crippen molar-refractivity contribution in [2.45, 2.75) is 45.3 Å². The highest BCUT2D eigenvalue weighted by atomic mass is 35.5. The molecule has 6 nitrogen and oxygen atoms in total. The lowest BCUT2D eigenvalue weighted by Crippen LogP contribution is -2.53. The number of amides is 2. The standard InChI is InChI=1S/C29H32Cl2N2O4/c1-4-20(2)32-29(35)25(17-21-10-6-5-7-11-21)33(18-22-14-15-23(30)24(31)16-22)28(34)19-37-27-13-9-8-12-26(27)36-3/h5-16,20,25H,4,17-19H2,1-3H3,(H,32,35)/t20-,25-/m0/s1. The molecule has 0 aromatic heterocycles. The SMILES string of the molecule is CC[C@H](C)NC(=O)[C@H](Cc1ccccc1)N(Cc1ccc(Cl)c(Cl)c1)C(=O)COc1ccccc1OC. The van der Waals surface area contributed by atoms with Crippen LogP contribution in [0.25, 0.3) is 0 Å². The summed E-state index contributed by atoms with van der Waals surface area (Å²) in [5, 5.41) is 3.83. The number of ether oxygens (including phenoxy) is 2. The maximum Gasteiger partial charge on any atom is 0.261 e. The van der Waals surface area contributed by atoms with Crippen molar-refractivity contribution >= 4 is 35.0 Å². The zero-order valence-electron chi connectivity index (χ0n) is 21.2. The van der Waals surface area contributed by atoms with Crippen LogP contribution in [0.4, 0.5) is 0 Å². The van der Waals surface area contributed by atoms with Crippen LogP contribution in [-0.2, 0) is 22.6 Å². The topological polar surface area (TPSA) is 67.9 Å². The Morgan fingerprint density at radius 1 is 0.919 bits per heavy atom. The molecular weight excluding hydrogens is 511 g/mol. The van der Waals surface area contributed by atoms with Gasteiger partial charge in [-0.25, -0.2) is 0 Å². The summed E-state index contributed by atoms with van der Waals surface area (Å²) < 4.78 is 11.2. The molecule has 1 N–H and O–H groups in total. The lowest BCUT2D eigenvalue weighted by molar-refractivity contribution is -0.143. The Kier molecular flexibility index (Phi) is 10.7. The fraction of sp³-hybridized carbons (Fsp3) is 0.310. The third-order valence-electron chi connectivity index (χ3n) is 6.03. The number of methoxy groups -OCH3 is 1. The first kappa shape index (κ1) is 28.4. The highest BCUT2D eigenvalue weighted by molar-refractivity contribution is 6.42. The van der Waals surface area contributed by atoms with Crippen molar-refractivity contribution in [3.05, 3.63) is 94.0 Å². The minimum absolute atomic E-state index is 0.0440. The van der Waals surface area contributed by atoms with Gasteiger partial charge in [-0.05, 0) is 48.7 Å². The molecule has 0 radical (unpaired) electrons. The average molecular weight is 543 g/mol. The van der Waals surface area contributed by atoms with Crippen LogP contribution in [0.1, 0.15) is 31.4 Å². The lowest BCUT2D eigenvalue weighted by atomic mass is 10.0. The quantitative estimate of drug-likeness (QED) is 0.307. The van der Waals surface area contributed by atoms with Gasteiger partial charge in [0.2, 0.25) is 5.91 Å². The number of para-hydroxylation sites is 2. The van der Waals surface area contributed by atoms with E-state index in [1.807, 2.05) is 50.2 Å². The predicted molar refractivity (Wildman–Crippen MR) is 147 cm³/mol. The van der Waals surface area contributed by atoms with Crippen LogP contribution in [0.3, 0.4) is 0 Å². The van der Waals surface area contributed by atoms with Gasteiger partial charge in [0.1, 0.15) is 6.04 Å². The largest absolute Gasteiger partial charge is 0.493 e. The fourth-order valence-corrected chi connectivity index (χ4v) is 4.11. The number of hydrogen-bond donors (Lipinski definition) is 1. The minimum Gasteiger partial charge on any atom is -0.493 e. The molecule has 0 saturated carbocycles.